The molecule has 0 fully saturated rings. The van der Waals surface area contributed by atoms with Crippen LogP contribution in [-0.4, -0.2) is 16.0 Å². The van der Waals surface area contributed by atoms with Gasteiger partial charge in [0.15, 0.2) is 0 Å². The van der Waals surface area contributed by atoms with Crippen LogP contribution in [0.4, 0.5) is 4.39 Å². The van der Waals surface area contributed by atoms with Gasteiger partial charge in [-0.3, -0.25) is 4.21 Å². The van der Waals surface area contributed by atoms with E-state index in [1.807, 2.05) is 6.92 Å². The molecule has 0 spiro atoms. The zero-order valence-corrected chi connectivity index (χ0v) is 8.89. The number of rotatable bonds is 4. The van der Waals surface area contributed by atoms with Crippen molar-refractivity contribution >= 4 is 10.8 Å². The van der Waals surface area contributed by atoms with E-state index in [-0.39, 0.29) is 11.1 Å². The first kappa shape index (κ1) is 11.3. The van der Waals surface area contributed by atoms with E-state index in [4.69, 9.17) is 5.73 Å². The lowest BCUT2D eigenvalue weighted by atomic mass is 10.3. The number of halogens is 1. The first-order valence-electron chi connectivity index (χ1n) is 4.51. The topological polar surface area (TPSA) is 43.1 Å². The summed E-state index contributed by atoms with van der Waals surface area (Å²) in [7, 11) is -1.08. The molecule has 1 aromatic rings. The van der Waals surface area contributed by atoms with Crippen LogP contribution in [0.15, 0.2) is 29.2 Å². The number of benzene rings is 1. The minimum Gasteiger partial charge on any atom is -0.330 e. The Labute approximate surface area is 85.8 Å². The quantitative estimate of drug-likeness (QED) is 0.830. The number of hydrogen-bond donors (Lipinski definition) is 1. The zero-order valence-electron chi connectivity index (χ0n) is 8.07. The summed E-state index contributed by atoms with van der Waals surface area (Å²) in [6, 6.07) is 5.75. The van der Waals surface area contributed by atoms with Crippen molar-refractivity contribution in [1.29, 1.82) is 0 Å². The molecule has 0 aliphatic heterocycles. The van der Waals surface area contributed by atoms with E-state index in [1.165, 1.54) is 12.1 Å². The highest BCUT2D eigenvalue weighted by molar-refractivity contribution is 7.85. The van der Waals surface area contributed by atoms with Crippen LogP contribution in [0.3, 0.4) is 0 Å². The van der Waals surface area contributed by atoms with E-state index in [0.29, 0.717) is 17.9 Å². The van der Waals surface area contributed by atoms with E-state index < -0.39 is 10.8 Å². The smallest absolute Gasteiger partial charge is 0.123 e. The van der Waals surface area contributed by atoms with E-state index in [0.717, 1.165) is 0 Å². The zero-order chi connectivity index (χ0) is 10.6. The molecule has 0 saturated carbocycles. The summed E-state index contributed by atoms with van der Waals surface area (Å²) in [4.78, 5) is 0.660. The summed E-state index contributed by atoms with van der Waals surface area (Å²) in [6.07, 6.45) is 0.712. The highest BCUT2D eigenvalue weighted by Crippen LogP contribution is 2.13. The standard InChI is InChI=1S/C10H14FNOS/c1-8(6-7-12)14(13)10-4-2-9(11)3-5-10/h2-5,8H,6-7,12H2,1H3. The van der Waals surface area contributed by atoms with Crippen molar-refractivity contribution in [1.82, 2.24) is 0 Å². The van der Waals surface area contributed by atoms with Crippen LogP contribution in [0.1, 0.15) is 13.3 Å². The van der Waals surface area contributed by atoms with Crippen LogP contribution >= 0.6 is 0 Å². The summed E-state index contributed by atoms with van der Waals surface area (Å²) in [5, 5.41) is 0.0189. The molecule has 0 heterocycles. The molecule has 0 aliphatic rings. The van der Waals surface area contributed by atoms with Crippen LogP contribution in [0.25, 0.3) is 0 Å². The summed E-state index contributed by atoms with van der Waals surface area (Å²) in [5.41, 5.74) is 5.37. The Morgan fingerprint density at radius 3 is 2.50 bits per heavy atom. The van der Waals surface area contributed by atoms with Crippen LogP contribution in [0.5, 0.6) is 0 Å². The van der Waals surface area contributed by atoms with Gasteiger partial charge < -0.3 is 5.73 Å². The van der Waals surface area contributed by atoms with Gasteiger partial charge >= 0.3 is 0 Å². The maximum atomic E-state index is 12.6. The molecule has 2 atom stereocenters. The lowest BCUT2D eigenvalue weighted by Crippen LogP contribution is -2.16. The van der Waals surface area contributed by atoms with Gasteiger partial charge in [0.2, 0.25) is 0 Å². The van der Waals surface area contributed by atoms with Crippen LogP contribution in [0.2, 0.25) is 0 Å². The monoisotopic (exact) mass is 215 g/mol. The maximum Gasteiger partial charge on any atom is 0.123 e. The normalized spacial score (nSPS) is 15.1. The fraction of sp³-hybridized carbons (Fsp3) is 0.400. The second-order valence-electron chi connectivity index (χ2n) is 3.14. The summed E-state index contributed by atoms with van der Waals surface area (Å²) in [6.45, 7) is 2.40. The Balaban J connectivity index is 2.74. The van der Waals surface area contributed by atoms with Crippen molar-refractivity contribution < 1.29 is 8.60 Å². The third-order valence-electron chi connectivity index (χ3n) is 1.98. The molecular weight excluding hydrogens is 201 g/mol. The predicted octanol–water partition coefficient (Wildman–Crippen LogP) is 1.67. The van der Waals surface area contributed by atoms with Crippen molar-refractivity contribution in [3.8, 4) is 0 Å². The van der Waals surface area contributed by atoms with Gasteiger partial charge in [0.1, 0.15) is 5.82 Å². The van der Waals surface area contributed by atoms with Crippen LogP contribution in [0, 0.1) is 5.82 Å². The predicted molar refractivity (Wildman–Crippen MR) is 55.9 cm³/mol. The van der Waals surface area contributed by atoms with Gasteiger partial charge in [-0.05, 0) is 37.2 Å². The summed E-state index contributed by atoms with van der Waals surface area (Å²) >= 11 is 0. The van der Waals surface area contributed by atoms with Crippen molar-refractivity contribution in [2.75, 3.05) is 6.54 Å². The molecule has 0 aromatic heterocycles. The van der Waals surface area contributed by atoms with Crippen LogP contribution in [-0.2, 0) is 10.8 Å². The highest BCUT2D eigenvalue weighted by Gasteiger charge is 2.12. The van der Waals surface area contributed by atoms with E-state index in [9.17, 15) is 8.60 Å². The Morgan fingerprint density at radius 2 is 2.00 bits per heavy atom. The Kier molecular flexibility index (Phi) is 4.22. The van der Waals surface area contributed by atoms with Crippen molar-refractivity contribution in [3.63, 3.8) is 0 Å². The highest BCUT2D eigenvalue weighted by atomic mass is 32.2. The number of nitrogens with two attached hydrogens (primary N) is 1. The Hall–Kier alpha value is -0.740. The molecule has 0 radical (unpaired) electrons. The molecule has 1 rings (SSSR count). The molecule has 2 unspecified atom stereocenters. The fourth-order valence-electron chi connectivity index (χ4n) is 1.14. The average Bonchev–Trinajstić information content (AvgIpc) is 2.18. The van der Waals surface area contributed by atoms with Gasteiger partial charge in [-0.25, -0.2) is 4.39 Å². The molecule has 0 bridgehead atoms. The second-order valence-corrected chi connectivity index (χ2v) is 5.01. The largest absolute Gasteiger partial charge is 0.330 e. The van der Waals surface area contributed by atoms with Gasteiger partial charge in [0.25, 0.3) is 0 Å². The van der Waals surface area contributed by atoms with Gasteiger partial charge in [0.05, 0.1) is 10.8 Å². The first-order chi connectivity index (χ1) is 6.65. The van der Waals surface area contributed by atoms with Gasteiger partial charge in [0, 0.05) is 10.1 Å². The molecule has 14 heavy (non-hydrogen) atoms. The minimum atomic E-state index is -1.08. The molecule has 78 valence electrons. The SMILES string of the molecule is CC(CCN)S(=O)c1ccc(F)cc1. The molecule has 2 N–H and O–H groups in total. The molecule has 0 amide bonds. The lowest BCUT2D eigenvalue weighted by Gasteiger charge is -2.09. The third-order valence-corrected chi connectivity index (χ3v) is 3.69. The molecular formula is C10H14FNOS. The summed E-state index contributed by atoms with van der Waals surface area (Å²) < 4.78 is 24.4. The fourth-order valence-corrected chi connectivity index (χ4v) is 2.36. The van der Waals surface area contributed by atoms with Crippen molar-refractivity contribution in [2.24, 2.45) is 5.73 Å². The van der Waals surface area contributed by atoms with Crippen molar-refractivity contribution in [2.45, 2.75) is 23.5 Å². The lowest BCUT2D eigenvalue weighted by molar-refractivity contribution is 0.625. The van der Waals surface area contributed by atoms with E-state index >= 15 is 0 Å². The van der Waals surface area contributed by atoms with Gasteiger partial charge in [-0.1, -0.05) is 6.92 Å². The Bertz CT molecular complexity index is 312. The van der Waals surface area contributed by atoms with Crippen LogP contribution < -0.4 is 5.73 Å². The number of hydrogen-bond acceptors (Lipinski definition) is 2. The Morgan fingerprint density at radius 1 is 1.43 bits per heavy atom. The molecule has 1 aromatic carbocycles. The van der Waals surface area contributed by atoms with Gasteiger partial charge in [-0.2, -0.15) is 0 Å². The van der Waals surface area contributed by atoms with Crippen molar-refractivity contribution in [3.05, 3.63) is 30.1 Å². The van der Waals surface area contributed by atoms with Gasteiger partial charge in [-0.15, -0.1) is 0 Å². The third kappa shape index (κ3) is 2.89. The van der Waals surface area contributed by atoms with E-state index in [2.05, 4.69) is 0 Å². The average molecular weight is 215 g/mol. The molecule has 0 aliphatic carbocycles. The second kappa shape index (κ2) is 5.22. The first-order valence-corrected chi connectivity index (χ1v) is 5.72. The summed E-state index contributed by atoms with van der Waals surface area (Å²) in [5.74, 6) is -0.308. The van der Waals surface area contributed by atoms with E-state index in [1.54, 1.807) is 12.1 Å². The minimum absolute atomic E-state index is 0.0189. The molecule has 2 nitrogen and oxygen atoms in total. The molecule has 4 heteroatoms. The maximum absolute atomic E-state index is 12.6. The molecule has 0 saturated heterocycles.